The second kappa shape index (κ2) is 10.6. The van der Waals surface area contributed by atoms with Crippen molar-refractivity contribution < 1.29 is 14.3 Å². The number of hydrogen-bond acceptors (Lipinski definition) is 5. The summed E-state index contributed by atoms with van der Waals surface area (Å²) >= 11 is 1.58. The molecule has 4 aromatic rings. The Balaban J connectivity index is 1.59. The number of nitrogens with one attached hydrogen (secondary N) is 1. The van der Waals surface area contributed by atoms with Gasteiger partial charge in [0.1, 0.15) is 18.1 Å². The van der Waals surface area contributed by atoms with Crippen molar-refractivity contribution in [3.63, 3.8) is 0 Å². The Morgan fingerprint density at radius 3 is 2.51 bits per heavy atom. The first-order valence-electron chi connectivity index (χ1n) is 13.1. The van der Waals surface area contributed by atoms with Crippen LogP contribution in [0.15, 0.2) is 78.9 Å². The molecular weight excluding hydrogens is 508 g/mol. The molecule has 1 atom stereocenters. The van der Waals surface area contributed by atoms with Gasteiger partial charge in [-0.15, -0.1) is 11.8 Å². The van der Waals surface area contributed by atoms with Crippen LogP contribution in [0.5, 0.6) is 5.75 Å². The minimum Gasteiger partial charge on any atom is -0.497 e. The topological polar surface area (TPSA) is 76.5 Å². The van der Waals surface area contributed by atoms with Crippen molar-refractivity contribution in [2.24, 2.45) is 0 Å². The number of benzene rings is 3. The van der Waals surface area contributed by atoms with Gasteiger partial charge < -0.3 is 10.1 Å². The number of nitrogens with zero attached hydrogens (tertiary/aromatic N) is 3. The average Bonchev–Trinajstić information content (AvgIpc) is 3.71. The Labute approximate surface area is 232 Å². The molecule has 2 heterocycles. The zero-order chi connectivity index (χ0) is 26.9. The summed E-state index contributed by atoms with van der Waals surface area (Å²) < 4.78 is 7.20. The molecule has 6 rings (SSSR count). The fraction of sp³-hybridized carbons (Fsp3) is 0.258. The molecule has 198 valence electrons. The first-order chi connectivity index (χ1) is 19.0. The fourth-order valence-corrected chi connectivity index (χ4v) is 6.16. The zero-order valence-electron chi connectivity index (χ0n) is 22.0. The van der Waals surface area contributed by atoms with Crippen LogP contribution >= 0.6 is 11.8 Å². The Hall–Kier alpha value is -4.04. The molecule has 8 heteroatoms. The van der Waals surface area contributed by atoms with Crippen LogP contribution in [0.4, 0.5) is 5.82 Å². The lowest BCUT2D eigenvalue weighted by molar-refractivity contribution is -0.123. The Morgan fingerprint density at radius 1 is 1.05 bits per heavy atom. The number of carbonyl (C=O) groups excluding carboxylic acids is 2. The van der Waals surface area contributed by atoms with Gasteiger partial charge in [0.05, 0.1) is 29.5 Å². The SMILES string of the molecule is COc1ccc(-n2nc(-c3ccccc3)c3c2N(CC(=O)NC2CC2)C(=O)CS[C@H]3c2cccc(C)c2)cc1. The Morgan fingerprint density at radius 2 is 1.82 bits per heavy atom. The number of ether oxygens (including phenoxy) is 1. The summed E-state index contributed by atoms with van der Waals surface area (Å²) in [6.45, 7) is 2.02. The summed E-state index contributed by atoms with van der Waals surface area (Å²) in [6.07, 6.45) is 1.97. The van der Waals surface area contributed by atoms with Crippen LogP contribution in [0, 0.1) is 6.92 Å². The molecule has 0 radical (unpaired) electrons. The molecule has 1 aliphatic carbocycles. The molecule has 3 aromatic carbocycles. The van der Waals surface area contributed by atoms with Gasteiger partial charge in [-0.3, -0.25) is 14.5 Å². The third kappa shape index (κ3) is 5.16. The highest BCUT2D eigenvalue weighted by Gasteiger charge is 2.38. The van der Waals surface area contributed by atoms with Crippen LogP contribution in [0.25, 0.3) is 16.9 Å². The van der Waals surface area contributed by atoms with Crippen molar-refractivity contribution >= 4 is 29.4 Å². The van der Waals surface area contributed by atoms with Gasteiger partial charge in [-0.1, -0.05) is 60.2 Å². The maximum Gasteiger partial charge on any atom is 0.240 e. The van der Waals surface area contributed by atoms with Crippen molar-refractivity contribution in [2.75, 3.05) is 24.3 Å². The maximum atomic E-state index is 13.8. The first-order valence-corrected chi connectivity index (χ1v) is 14.2. The molecule has 1 aliphatic heterocycles. The standard InChI is InChI=1S/C31H30N4O3S/c1-20-7-6-10-22(17-20)30-28-29(21-8-4-3-5-9-21)33-35(24-13-15-25(38-2)16-14-24)31(28)34(27(37)19-39-30)18-26(36)32-23-11-12-23/h3-10,13-17,23,30H,11-12,18-19H2,1-2H3,(H,32,36)/t30-/m0/s1. The van der Waals surface area contributed by atoms with E-state index in [0.29, 0.717) is 5.82 Å². The predicted molar refractivity (Wildman–Crippen MR) is 155 cm³/mol. The average molecular weight is 539 g/mol. The number of hydrogen-bond donors (Lipinski definition) is 1. The Bertz CT molecular complexity index is 1510. The zero-order valence-corrected chi connectivity index (χ0v) is 22.8. The summed E-state index contributed by atoms with van der Waals surface area (Å²) in [5, 5.41) is 8.03. The number of amides is 2. The van der Waals surface area contributed by atoms with Gasteiger partial charge in [-0.25, -0.2) is 4.68 Å². The second-order valence-electron chi connectivity index (χ2n) is 9.99. The number of carbonyl (C=O) groups is 2. The van der Waals surface area contributed by atoms with Crippen molar-refractivity contribution in [2.45, 2.75) is 31.1 Å². The smallest absolute Gasteiger partial charge is 0.240 e. The van der Waals surface area contributed by atoms with Crippen molar-refractivity contribution in [1.29, 1.82) is 0 Å². The van der Waals surface area contributed by atoms with Gasteiger partial charge in [0.25, 0.3) is 0 Å². The van der Waals surface area contributed by atoms with E-state index >= 15 is 0 Å². The van der Waals surface area contributed by atoms with Crippen molar-refractivity contribution in [1.82, 2.24) is 15.1 Å². The molecule has 0 unspecified atom stereocenters. The third-order valence-corrected chi connectivity index (χ3v) is 8.30. The molecule has 2 aliphatic rings. The summed E-state index contributed by atoms with van der Waals surface area (Å²) in [5.74, 6) is 1.34. The second-order valence-corrected chi connectivity index (χ2v) is 11.1. The lowest BCUT2D eigenvalue weighted by atomic mass is 9.98. The molecule has 1 saturated carbocycles. The van der Waals surface area contributed by atoms with Crippen LogP contribution in [0.1, 0.15) is 34.8 Å². The number of aromatic nitrogens is 2. The van der Waals surface area contributed by atoms with Crippen molar-refractivity contribution in [3.05, 3.63) is 95.6 Å². The van der Waals surface area contributed by atoms with Gasteiger partial charge >= 0.3 is 0 Å². The van der Waals surface area contributed by atoms with E-state index in [1.54, 1.807) is 23.8 Å². The molecule has 1 N–H and O–H groups in total. The summed E-state index contributed by atoms with van der Waals surface area (Å²) in [5.41, 5.74) is 5.71. The highest BCUT2D eigenvalue weighted by atomic mass is 32.2. The lowest BCUT2D eigenvalue weighted by Gasteiger charge is -2.23. The quantitative estimate of drug-likeness (QED) is 0.345. The van der Waals surface area contributed by atoms with E-state index in [-0.39, 0.29) is 35.4 Å². The minimum atomic E-state index is -0.153. The minimum absolute atomic E-state index is 0.0560. The van der Waals surface area contributed by atoms with Gasteiger partial charge in [0, 0.05) is 17.2 Å². The molecule has 0 bridgehead atoms. The van der Waals surface area contributed by atoms with E-state index < -0.39 is 0 Å². The van der Waals surface area contributed by atoms with E-state index in [4.69, 9.17) is 9.84 Å². The molecular formula is C31H30N4O3S. The molecule has 1 fully saturated rings. The predicted octanol–water partition coefficient (Wildman–Crippen LogP) is 5.30. The maximum absolute atomic E-state index is 13.8. The van der Waals surface area contributed by atoms with E-state index in [1.165, 1.54) is 0 Å². The molecule has 2 amide bonds. The Kier molecular flexibility index (Phi) is 6.87. The molecule has 1 aromatic heterocycles. The number of methoxy groups -OCH3 is 1. The van der Waals surface area contributed by atoms with Crippen LogP contribution in [-0.2, 0) is 9.59 Å². The molecule has 0 saturated heterocycles. The third-order valence-electron chi connectivity index (χ3n) is 7.04. The van der Waals surface area contributed by atoms with Gasteiger partial charge in [-0.05, 0) is 49.6 Å². The van der Waals surface area contributed by atoms with Crippen LogP contribution in [0.2, 0.25) is 0 Å². The van der Waals surface area contributed by atoms with Crippen LogP contribution < -0.4 is 15.0 Å². The fourth-order valence-electron chi connectivity index (χ4n) is 4.97. The van der Waals surface area contributed by atoms with Crippen LogP contribution in [-0.4, -0.2) is 47.0 Å². The van der Waals surface area contributed by atoms with Crippen molar-refractivity contribution in [3.8, 4) is 22.7 Å². The largest absolute Gasteiger partial charge is 0.497 e. The normalized spacial score (nSPS) is 16.9. The van der Waals surface area contributed by atoms with E-state index in [0.717, 1.165) is 52.2 Å². The van der Waals surface area contributed by atoms with E-state index in [9.17, 15) is 9.59 Å². The number of thioether (sulfide) groups is 1. The number of aryl methyl sites for hydroxylation is 1. The van der Waals surface area contributed by atoms with E-state index in [2.05, 4.69) is 36.5 Å². The lowest BCUT2D eigenvalue weighted by Crippen LogP contribution is -2.43. The molecule has 39 heavy (non-hydrogen) atoms. The van der Waals surface area contributed by atoms with E-state index in [1.807, 2.05) is 59.3 Å². The first kappa shape index (κ1) is 25.2. The van der Waals surface area contributed by atoms with Crippen LogP contribution in [0.3, 0.4) is 0 Å². The van der Waals surface area contributed by atoms with Gasteiger partial charge in [0.15, 0.2) is 0 Å². The monoisotopic (exact) mass is 538 g/mol. The summed E-state index contributed by atoms with van der Waals surface area (Å²) in [4.78, 5) is 28.5. The summed E-state index contributed by atoms with van der Waals surface area (Å²) in [7, 11) is 1.63. The number of fused-ring (bicyclic) bond motifs is 1. The number of anilines is 1. The summed E-state index contributed by atoms with van der Waals surface area (Å²) in [6, 6.07) is 26.2. The molecule has 0 spiro atoms. The molecule has 7 nitrogen and oxygen atoms in total. The number of rotatable bonds is 7. The van der Waals surface area contributed by atoms with Gasteiger partial charge in [0.2, 0.25) is 11.8 Å². The highest BCUT2D eigenvalue weighted by Crippen LogP contribution is 2.48. The highest BCUT2D eigenvalue weighted by molar-refractivity contribution is 8.00. The van der Waals surface area contributed by atoms with Gasteiger partial charge in [-0.2, -0.15) is 5.10 Å².